The standard InChI is InChI=1S/C11H18N4O2S/c1-12-11-6-5-10(9-13-11)18(16,17)14-15-7-3-2-4-8-15/h5-6,9,14H,2-4,7-8H2,1H3,(H,12,13). The lowest BCUT2D eigenvalue weighted by Gasteiger charge is -2.26. The van der Waals surface area contributed by atoms with Gasteiger partial charge in [0, 0.05) is 26.3 Å². The van der Waals surface area contributed by atoms with Gasteiger partial charge in [-0.1, -0.05) is 6.42 Å². The third kappa shape index (κ3) is 3.18. The number of rotatable bonds is 4. The zero-order valence-corrected chi connectivity index (χ0v) is 11.2. The number of hydrogen-bond acceptors (Lipinski definition) is 5. The Morgan fingerprint density at radius 3 is 2.50 bits per heavy atom. The molecular weight excluding hydrogens is 252 g/mol. The van der Waals surface area contributed by atoms with E-state index in [1.54, 1.807) is 24.2 Å². The summed E-state index contributed by atoms with van der Waals surface area (Å²) in [5.74, 6) is 0.645. The number of piperidine rings is 1. The first-order chi connectivity index (χ1) is 8.62. The average Bonchev–Trinajstić information content (AvgIpc) is 2.39. The highest BCUT2D eigenvalue weighted by Crippen LogP contribution is 2.12. The normalized spacial score (nSPS) is 17.6. The number of anilines is 1. The van der Waals surface area contributed by atoms with Crippen LogP contribution in [0.15, 0.2) is 23.2 Å². The third-order valence-corrected chi connectivity index (χ3v) is 4.27. The van der Waals surface area contributed by atoms with Gasteiger partial charge in [0.1, 0.15) is 10.7 Å². The van der Waals surface area contributed by atoms with Crippen LogP contribution in [-0.2, 0) is 10.0 Å². The number of nitrogens with one attached hydrogen (secondary N) is 2. The SMILES string of the molecule is CNc1ccc(S(=O)(=O)NN2CCCCC2)cn1. The van der Waals surface area contributed by atoms with Crippen LogP contribution >= 0.6 is 0 Å². The number of nitrogens with zero attached hydrogens (tertiary/aromatic N) is 2. The topological polar surface area (TPSA) is 74.3 Å². The van der Waals surface area contributed by atoms with E-state index < -0.39 is 10.0 Å². The van der Waals surface area contributed by atoms with Gasteiger partial charge in [-0.15, -0.1) is 4.83 Å². The highest BCUT2D eigenvalue weighted by molar-refractivity contribution is 7.89. The Kier molecular flexibility index (Phi) is 4.15. The largest absolute Gasteiger partial charge is 0.373 e. The smallest absolute Gasteiger partial charge is 0.254 e. The number of hydrogen-bond donors (Lipinski definition) is 2. The molecule has 0 bridgehead atoms. The molecule has 0 aromatic carbocycles. The summed E-state index contributed by atoms with van der Waals surface area (Å²) in [7, 11) is -1.76. The van der Waals surface area contributed by atoms with E-state index in [4.69, 9.17) is 0 Å². The van der Waals surface area contributed by atoms with E-state index in [1.165, 1.54) is 6.20 Å². The second-order valence-electron chi connectivity index (χ2n) is 4.27. The summed E-state index contributed by atoms with van der Waals surface area (Å²) in [5, 5.41) is 4.61. The molecular formula is C11H18N4O2S. The van der Waals surface area contributed by atoms with Gasteiger partial charge in [0.2, 0.25) is 0 Å². The summed E-state index contributed by atoms with van der Waals surface area (Å²) in [4.78, 5) is 6.79. The summed E-state index contributed by atoms with van der Waals surface area (Å²) < 4.78 is 24.2. The molecule has 1 aliphatic rings. The lowest BCUT2D eigenvalue weighted by Crippen LogP contribution is -2.44. The Morgan fingerprint density at radius 1 is 1.22 bits per heavy atom. The highest BCUT2D eigenvalue weighted by Gasteiger charge is 2.20. The number of sulfonamides is 1. The minimum Gasteiger partial charge on any atom is -0.373 e. The van der Waals surface area contributed by atoms with Crippen molar-refractivity contribution in [3.8, 4) is 0 Å². The fourth-order valence-corrected chi connectivity index (χ4v) is 2.96. The molecule has 18 heavy (non-hydrogen) atoms. The van der Waals surface area contributed by atoms with Crippen LogP contribution in [0.3, 0.4) is 0 Å². The fourth-order valence-electron chi connectivity index (χ4n) is 1.89. The van der Waals surface area contributed by atoms with Gasteiger partial charge in [-0.05, 0) is 25.0 Å². The van der Waals surface area contributed by atoms with Crippen LogP contribution in [-0.4, -0.2) is 38.5 Å². The second-order valence-corrected chi connectivity index (χ2v) is 5.93. The first kappa shape index (κ1) is 13.3. The maximum atomic E-state index is 12.1. The quantitative estimate of drug-likeness (QED) is 0.846. The number of hydrazine groups is 1. The molecule has 1 aromatic heterocycles. The number of aromatic nitrogens is 1. The van der Waals surface area contributed by atoms with Crippen LogP contribution < -0.4 is 10.1 Å². The predicted molar refractivity (Wildman–Crippen MR) is 69.5 cm³/mol. The van der Waals surface area contributed by atoms with E-state index in [9.17, 15) is 8.42 Å². The van der Waals surface area contributed by atoms with Gasteiger partial charge in [0.25, 0.3) is 10.0 Å². The molecule has 7 heteroatoms. The molecule has 2 heterocycles. The lowest BCUT2D eigenvalue weighted by molar-refractivity contribution is 0.200. The summed E-state index contributed by atoms with van der Waals surface area (Å²) in [5.41, 5.74) is 0. The molecule has 100 valence electrons. The first-order valence-corrected chi connectivity index (χ1v) is 7.51. The van der Waals surface area contributed by atoms with E-state index in [2.05, 4.69) is 15.1 Å². The Labute approximate surface area is 107 Å². The molecule has 0 atom stereocenters. The van der Waals surface area contributed by atoms with Crippen molar-refractivity contribution in [1.82, 2.24) is 14.8 Å². The fraction of sp³-hybridized carbons (Fsp3) is 0.545. The summed E-state index contributed by atoms with van der Waals surface area (Å²) in [6.45, 7) is 1.53. The van der Waals surface area contributed by atoms with Gasteiger partial charge < -0.3 is 5.32 Å². The van der Waals surface area contributed by atoms with E-state index in [-0.39, 0.29) is 4.90 Å². The van der Waals surface area contributed by atoms with Crippen molar-refractivity contribution in [2.45, 2.75) is 24.2 Å². The Hall–Kier alpha value is -1.18. The van der Waals surface area contributed by atoms with Gasteiger partial charge in [0.05, 0.1) is 0 Å². The molecule has 2 rings (SSSR count). The van der Waals surface area contributed by atoms with Crippen molar-refractivity contribution in [3.05, 3.63) is 18.3 Å². The van der Waals surface area contributed by atoms with Gasteiger partial charge in [-0.3, -0.25) is 0 Å². The second kappa shape index (κ2) is 5.64. The number of pyridine rings is 1. The van der Waals surface area contributed by atoms with Crippen LogP contribution in [0.25, 0.3) is 0 Å². The predicted octanol–water partition coefficient (Wildman–Crippen LogP) is 0.802. The van der Waals surface area contributed by atoms with Gasteiger partial charge in [0.15, 0.2) is 0 Å². The van der Waals surface area contributed by atoms with Crippen LogP contribution in [0.4, 0.5) is 5.82 Å². The first-order valence-electron chi connectivity index (χ1n) is 6.03. The molecule has 0 saturated carbocycles. The zero-order chi connectivity index (χ0) is 13.0. The van der Waals surface area contributed by atoms with Gasteiger partial charge >= 0.3 is 0 Å². The van der Waals surface area contributed by atoms with Crippen LogP contribution in [0.1, 0.15) is 19.3 Å². The monoisotopic (exact) mass is 270 g/mol. The third-order valence-electron chi connectivity index (χ3n) is 2.91. The Bertz CT molecular complexity index is 480. The zero-order valence-electron chi connectivity index (χ0n) is 10.4. The highest BCUT2D eigenvalue weighted by atomic mass is 32.2. The minimum absolute atomic E-state index is 0.187. The molecule has 2 N–H and O–H groups in total. The molecule has 0 unspecified atom stereocenters. The van der Waals surface area contributed by atoms with E-state index in [0.29, 0.717) is 5.82 Å². The molecule has 0 radical (unpaired) electrons. The van der Waals surface area contributed by atoms with Gasteiger partial charge in [-0.2, -0.15) is 0 Å². The van der Waals surface area contributed by atoms with Crippen molar-refractivity contribution in [2.75, 3.05) is 25.5 Å². The molecule has 6 nitrogen and oxygen atoms in total. The van der Waals surface area contributed by atoms with E-state index in [1.807, 2.05) is 0 Å². The van der Waals surface area contributed by atoms with E-state index in [0.717, 1.165) is 32.4 Å². The van der Waals surface area contributed by atoms with Crippen LogP contribution in [0.5, 0.6) is 0 Å². The van der Waals surface area contributed by atoms with E-state index >= 15 is 0 Å². The molecule has 0 spiro atoms. The molecule has 1 saturated heterocycles. The summed E-state index contributed by atoms with van der Waals surface area (Å²) in [6, 6.07) is 3.19. The Morgan fingerprint density at radius 2 is 1.94 bits per heavy atom. The molecule has 0 aliphatic carbocycles. The maximum absolute atomic E-state index is 12.1. The van der Waals surface area contributed by atoms with Crippen LogP contribution in [0, 0.1) is 0 Å². The molecule has 0 amide bonds. The minimum atomic E-state index is -3.50. The van der Waals surface area contributed by atoms with Crippen molar-refractivity contribution >= 4 is 15.8 Å². The molecule has 1 aliphatic heterocycles. The molecule has 1 fully saturated rings. The van der Waals surface area contributed by atoms with Gasteiger partial charge in [-0.25, -0.2) is 18.4 Å². The maximum Gasteiger partial charge on any atom is 0.254 e. The van der Waals surface area contributed by atoms with Crippen molar-refractivity contribution in [3.63, 3.8) is 0 Å². The average molecular weight is 270 g/mol. The lowest BCUT2D eigenvalue weighted by atomic mass is 10.2. The Balaban J connectivity index is 2.08. The van der Waals surface area contributed by atoms with Crippen molar-refractivity contribution < 1.29 is 8.42 Å². The van der Waals surface area contributed by atoms with Crippen molar-refractivity contribution in [1.29, 1.82) is 0 Å². The van der Waals surface area contributed by atoms with Crippen molar-refractivity contribution in [2.24, 2.45) is 0 Å². The molecule has 1 aromatic rings. The van der Waals surface area contributed by atoms with Crippen LogP contribution in [0.2, 0.25) is 0 Å². The summed E-state index contributed by atoms with van der Waals surface area (Å²) in [6.07, 6.45) is 4.58. The summed E-state index contributed by atoms with van der Waals surface area (Å²) >= 11 is 0.